The zero-order valence-electron chi connectivity index (χ0n) is 13.0. The fourth-order valence-corrected chi connectivity index (χ4v) is 2.93. The Morgan fingerprint density at radius 3 is 2.52 bits per heavy atom. The highest BCUT2D eigenvalue weighted by atomic mass is 79.9. The molecule has 2 aromatic carbocycles. The van der Waals surface area contributed by atoms with E-state index in [1.807, 2.05) is 59.5 Å². The van der Waals surface area contributed by atoms with E-state index in [-0.39, 0.29) is 6.09 Å². The van der Waals surface area contributed by atoms with Crippen LogP contribution < -0.4 is 0 Å². The highest BCUT2D eigenvalue weighted by Gasteiger charge is 2.27. The van der Waals surface area contributed by atoms with Crippen molar-refractivity contribution < 1.29 is 9.53 Å². The van der Waals surface area contributed by atoms with E-state index >= 15 is 0 Å². The van der Waals surface area contributed by atoms with E-state index in [2.05, 4.69) is 15.9 Å². The number of rotatable bonds is 6. The Balaban J connectivity index is 1.61. The molecule has 0 heterocycles. The minimum absolute atomic E-state index is 0.235. The molecule has 1 amide bonds. The zero-order chi connectivity index (χ0) is 16.1. The molecule has 2 aromatic rings. The van der Waals surface area contributed by atoms with Gasteiger partial charge in [-0.2, -0.15) is 0 Å². The van der Waals surface area contributed by atoms with Crippen LogP contribution in [0.1, 0.15) is 24.0 Å². The Hall–Kier alpha value is -1.81. The summed E-state index contributed by atoms with van der Waals surface area (Å²) < 4.78 is 6.52. The largest absolute Gasteiger partial charge is 0.445 e. The minimum atomic E-state index is -0.235. The average molecular weight is 374 g/mol. The second-order valence-corrected chi connectivity index (χ2v) is 6.91. The summed E-state index contributed by atoms with van der Waals surface area (Å²) in [7, 11) is 0. The first-order valence-corrected chi connectivity index (χ1v) is 8.70. The van der Waals surface area contributed by atoms with Crippen LogP contribution >= 0.6 is 15.9 Å². The van der Waals surface area contributed by atoms with Crippen LogP contribution in [0.5, 0.6) is 0 Å². The zero-order valence-corrected chi connectivity index (χ0v) is 14.5. The van der Waals surface area contributed by atoms with Gasteiger partial charge < -0.3 is 9.64 Å². The van der Waals surface area contributed by atoms with Crippen molar-refractivity contribution in [3.8, 4) is 0 Å². The summed E-state index contributed by atoms with van der Waals surface area (Å²) in [5.41, 5.74) is 2.12. The second kappa shape index (κ2) is 7.64. The van der Waals surface area contributed by atoms with Crippen molar-refractivity contribution in [2.75, 3.05) is 6.54 Å². The Bertz CT molecular complexity index is 655. The maximum Gasteiger partial charge on any atom is 0.410 e. The lowest BCUT2D eigenvalue weighted by Crippen LogP contribution is -2.33. The summed E-state index contributed by atoms with van der Waals surface area (Å²) in [6.07, 6.45) is 2.18. The van der Waals surface area contributed by atoms with Gasteiger partial charge in [0.1, 0.15) is 6.61 Å². The lowest BCUT2D eigenvalue weighted by Gasteiger charge is -2.22. The third kappa shape index (κ3) is 5.10. The van der Waals surface area contributed by atoms with E-state index in [1.165, 1.54) is 12.8 Å². The highest BCUT2D eigenvalue weighted by Crippen LogP contribution is 2.30. The van der Waals surface area contributed by atoms with Crippen molar-refractivity contribution in [1.29, 1.82) is 0 Å². The number of carbonyl (C=O) groups is 1. The Morgan fingerprint density at radius 2 is 1.83 bits per heavy atom. The number of nitrogens with zero attached hydrogens (tertiary/aromatic N) is 1. The number of ether oxygens (including phenoxy) is 1. The standard InChI is InChI=1S/C19H20BrNO2/c20-18-8-4-7-17(11-18)13-21(12-15-9-10-15)19(22)23-14-16-5-2-1-3-6-16/h1-8,11,15H,9-10,12-14H2. The van der Waals surface area contributed by atoms with Crippen LogP contribution in [0.25, 0.3) is 0 Å². The molecule has 1 fully saturated rings. The van der Waals surface area contributed by atoms with Gasteiger partial charge in [0.15, 0.2) is 0 Å². The van der Waals surface area contributed by atoms with E-state index < -0.39 is 0 Å². The minimum Gasteiger partial charge on any atom is -0.445 e. The average Bonchev–Trinajstić information content (AvgIpc) is 3.37. The number of amides is 1. The lowest BCUT2D eigenvalue weighted by atomic mass is 10.2. The Labute approximate surface area is 145 Å². The summed E-state index contributed by atoms with van der Waals surface area (Å²) >= 11 is 3.48. The normalized spacial score (nSPS) is 13.6. The third-order valence-electron chi connectivity index (χ3n) is 3.90. The highest BCUT2D eigenvalue weighted by molar-refractivity contribution is 9.10. The van der Waals surface area contributed by atoms with Gasteiger partial charge in [-0.1, -0.05) is 58.4 Å². The van der Waals surface area contributed by atoms with Crippen LogP contribution in [0.4, 0.5) is 4.79 Å². The number of carbonyl (C=O) groups excluding carboxylic acids is 1. The molecule has 1 saturated carbocycles. The first-order chi connectivity index (χ1) is 11.2. The van der Waals surface area contributed by atoms with Crippen LogP contribution in [0, 0.1) is 5.92 Å². The Morgan fingerprint density at radius 1 is 1.09 bits per heavy atom. The van der Waals surface area contributed by atoms with Crippen molar-refractivity contribution in [3.05, 3.63) is 70.2 Å². The molecule has 4 heteroatoms. The molecular weight excluding hydrogens is 354 g/mol. The maximum atomic E-state index is 12.5. The van der Waals surface area contributed by atoms with Crippen LogP contribution in [-0.2, 0) is 17.9 Å². The number of halogens is 1. The van der Waals surface area contributed by atoms with Gasteiger partial charge in [0.05, 0.1) is 0 Å². The Kier molecular flexibility index (Phi) is 5.34. The summed E-state index contributed by atoms with van der Waals surface area (Å²) in [6, 6.07) is 17.9. The number of hydrogen-bond acceptors (Lipinski definition) is 2. The molecule has 1 aliphatic carbocycles. The first kappa shape index (κ1) is 16.1. The van der Waals surface area contributed by atoms with E-state index in [0.717, 1.165) is 22.1 Å². The van der Waals surface area contributed by atoms with Gasteiger partial charge in [0.25, 0.3) is 0 Å². The molecule has 120 valence electrons. The SMILES string of the molecule is O=C(OCc1ccccc1)N(Cc1cccc(Br)c1)CC1CC1. The molecule has 3 nitrogen and oxygen atoms in total. The van der Waals surface area contributed by atoms with E-state index in [1.54, 1.807) is 0 Å². The predicted molar refractivity (Wildman–Crippen MR) is 93.9 cm³/mol. The molecular formula is C19H20BrNO2. The maximum absolute atomic E-state index is 12.5. The van der Waals surface area contributed by atoms with Gasteiger partial charge >= 0.3 is 6.09 Å². The monoisotopic (exact) mass is 373 g/mol. The molecule has 1 aliphatic rings. The first-order valence-electron chi connectivity index (χ1n) is 7.91. The molecule has 23 heavy (non-hydrogen) atoms. The van der Waals surface area contributed by atoms with Crippen molar-refractivity contribution in [3.63, 3.8) is 0 Å². The van der Waals surface area contributed by atoms with Crippen molar-refractivity contribution in [2.24, 2.45) is 5.92 Å². The van der Waals surface area contributed by atoms with Crippen molar-refractivity contribution in [2.45, 2.75) is 26.0 Å². The van der Waals surface area contributed by atoms with E-state index in [0.29, 0.717) is 19.1 Å². The molecule has 0 saturated heterocycles. The number of hydrogen-bond donors (Lipinski definition) is 0. The second-order valence-electron chi connectivity index (χ2n) is 5.99. The summed E-state index contributed by atoms with van der Waals surface area (Å²) in [5.74, 6) is 0.631. The topological polar surface area (TPSA) is 29.5 Å². The summed E-state index contributed by atoms with van der Waals surface area (Å²) in [5, 5.41) is 0. The molecule has 0 bridgehead atoms. The van der Waals surface area contributed by atoms with Gasteiger partial charge in [-0.05, 0) is 42.0 Å². The van der Waals surface area contributed by atoms with Crippen molar-refractivity contribution in [1.82, 2.24) is 4.90 Å². The molecule has 0 aromatic heterocycles. The molecule has 3 rings (SSSR count). The molecule has 0 N–H and O–H groups in total. The lowest BCUT2D eigenvalue weighted by molar-refractivity contribution is 0.0919. The fourth-order valence-electron chi connectivity index (χ4n) is 2.48. The molecule has 0 unspecified atom stereocenters. The van der Waals surface area contributed by atoms with E-state index in [4.69, 9.17) is 4.74 Å². The molecule has 0 radical (unpaired) electrons. The number of benzene rings is 2. The third-order valence-corrected chi connectivity index (χ3v) is 4.39. The van der Waals surface area contributed by atoms with E-state index in [9.17, 15) is 4.79 Å². The summed E-state index contributed by atoms with van der Waals surface area (Å²) in [6.45, 7) is 1.68. The van der Waals surface area contributed by atoms with Crippen LogP contribution in [0.15, 0.2) is 59.1 Å². The van der Waals surface area contributed by atoms with Crippen LogP contribution in [-0.4, -0.2) is 17.5 Å². The fraction of sp³-hybridized carbons (Fsp3) is 0.316. The van der Waals surface area contributed by atoms with Crippen LogP contribution in [0.2, 0.25) is 0 Å². The van der Waals surface area contributed by atoms with Gasteiger partial charge in [0, 0.05) is 17.6 Å². The van der Waals surface area contributed by atoms with Gasteiger partial charge in [-0.25, -0.2) is 4.79 Å². The molecule has 0 atom stereocenters. The molecule has 0 spiro atoms. The van der Waals surface area contributed by atoms with Gasteiger partial charge in [-0.15, -0.1) is 0 Å². The predicted octanol–water partition coefficient (Wildman–Crippen LogP) is 5.00. The quantitative estimate of drug-likeness (QED) is 0.712. The van der Waals surface area contributed by atoms with Gasteiger partial charge in [0.2, 0.25) is 0 Å². The van der Waals surface area contributed by atoms with Crippen LogP contribution in [0.3, 0.4) is 0 Å². The van der Waals surface area contributed by atoms with Crippen molar-refractivity contribution >= 4 is 22.0 Å². The molecule has 0 aliphatic heterocycles. The van der Waals surface area contributed by atoms with Gasteiger partial charge in [-0.3, -0.25) is 0 Å². The smallest absolute Gasteiger partial charge is 0.410 e. The summed E-state index contributed by atoms with van der Waals surface area (Å²) in [4.78, 5) is 14.3.